The zero-order valence-electron chi connectivity index (χ0n) is 10.1. The first-order chi connectivity index (χ1) is 7.75. The molecule has 0 amide bonds. The SMILES string of the molecule is CC(C)C1CCCC(Nc2cnns2)CC1. The number of hydrogen-bond acceptors (Lipinski definition) is 4. The molecule has 1 aromatic heterocycles. The fourth-order valence-corrected chi connectivity index (χ4v) is 3.07. The van der Waals surface area contributed by atoms with Crippen LogP contribution < -0.4 is 5.32 Å². The number of rotatable bonds is 3. The molecule has 0 bridgehead atoms. The van der Waals surface area contributed by atoms with Crippen LogP contribution in [0.4, 0.5) is 5.00 Å². The van der Waals surface area contributed by atoms with E-state index < -0.39 is 0 Å². The Balaban J connectivity index is 1.84. The van der Waals surface area contributed by atoms with E-state index in [0.717, 1.165) is 16.8 Å². The third kappa shape index (κ3) is 3.17. The van der Waals surface area contributed by atoms with Gasteiger partial charge in [0.05, 0.1) is 6.20 Å². The van der Waals surface area contributed by atoms with Gasteiger partial charge in [-0.15, -0.1) is 5.10 Å². The van der Waals surface area contributed by atoms with Crippen LogP contribution in [0.25, 0.3) is 0 Å². The molecule has 1 aliphatic carbocycles. The van der Waals surface area contributed by atoms with Gasteiger partial charge in [0.15, 0.2) is 0 Å². The largest absolute Gasteiger partial charge is 0.372 e. The van der Waals surface area contributed by atoms with E-state index in [1.807, 2.05) is 6.20 Å². The Morgan fingerprint density at radius 3 is 2.88 bits per heavy atom. The van der Waals surface area contributed by atoms with E-state index in [-0.39, 0.29) is 0 Å². The lowest BCUT2D eigenvalue weighted by molar-refractivity contribution is 0.341. The Labute approximate surface area is 102 Å². The minimum Gasteiger partial charge on any atom is -0.372 e. The monoisotopic (exact) mass is 239 g/mol. The maximum absolute atomic E-state index is 3.88. The van der Waals surface area contributed by atoms with Crippen LogP contribution in [0.3, 0.4) is 0 Å². The van der Waals surface area contributed by atoms with E-state index in [1.165, 1.54) is 43.6 Å². The summed E-state index contributed by atoms with van der Waals surface area (Å²) in [6.07, 6.45) is 8.53. The van der Waals surface area contributed by atoms with Crippen LogP contribution in [0, 0.1) is 11.8 Å². The molecule has 2 atom stereocenters. The third-order valence-electron chi connectivity index (χ3n) is 3.66. The highest BCUT2D eigenvalue weighted by Gasteiger charge is 2.21. The van der Waals surface area contributed by atoms with Gasteiger partial charge in [0.2, 0.25) is 0 Å². The Kier molecular flexibility index (Phi) is 4.16. The Morgan fingerprint density at radius 2 is 2.19 bits per heavy atom. The van der Waals surface area contributed by atoms with Crippen LogP contribution in [0.2, 0.25) is 0 Å². The van der Waals surface area contributed by atoms with E-state index in [4.69, 9.17) is 0 Å². The molecule has 1 fully saturated rings. The second-order valence-electron chi connectivity index (χ2n) is 5.14. The molecular formula is C12H21N3S. The molecule has 16 heavy (non-hydrogen) atoms. The highest BCUT2D eigenvalue weighted by molar-refractivity contribution is 7.09. The second kappa shape index (κ2) is 5.62. The van der Waals surface area contributed by atoms with Gasteiger partial charge in [-0.1, -0.05) is 31.2 Å². The fourth-order valence-electron chi connectivity index (χ4n) is 2.57. The third-order valence-corrected chi connectivity index (χ3v) is 4.26. The summed E-state index contributed by atoms with van der Waals surface area (Å²) in [5.41, 5.74) is 0. The summed E-state index contributed by atoms with van der Waals surface area (Å²) in [7, 11) is 0. The van der Waals surface area contributed by atoms with Crippen molar-refractivity contribution in [3.05, 3.63) is 6.20 Å². The number of anilines is 1. The van der Waals surface area contributed by atoms with Gasteiger partial charge >= 0.3 is 0 Å². The van der Waals surface area contributed by atoms with Crippen molar-refractivity contribution in [3.8, 4) is 0 Å². The zero-order valence-corrected chi connectivity index (χ0v) is 11.0. The topological polar surface area (TPSA) is 37.8 Å². The first kappa shape index (κ1) is 11.8. The summed E-state index contributed by atoms with van der Waals surface area (Å²) in [5, 5.41) is 8.53. The molecule has 1 aliphatic rings. The van der Waals surface area contributed by atoms with Crippen LogP contribution in [-0.4, -0.2) is 15.6 Å². The van der Waals surface area contributed by atoms with Crippen molar-refractivity contribution >= 4 is 16.5 Å². The van der Waals surface area contributed by atoms with Crippen molar-refractivity contribution in [1.82, 2.24) is 9.59 Å². The second-order valence-corrected chi connectivity index (χ2v) is 5.92. The Bertz CT molecular complexity index is 297. The molecule has 1 aromatic rings. The highest BCUT2D eigenvalue weighted by atomic mass is 32.1. The average molecular weight is 239 g/mol. The summed E-state index contributed by atoms with van der Waals surface area (Å²) in [6.45, 7) is 4.71. The predicted octanol–water partition coefficient (Wildman–Crippen LogP) is 3.55. The maximum atomic E-state index is 3.88. The molecule has 0 aromatic carbocycles. The molecule has 0 radical (unpaired) electrons. The van der Waals surface area contributed by atoms with Gasteiger partial charge in [-0.05, 0) is 31.1 Å². The van der Waals surface area contributed by atoms with Crippen LogP contribution >= 0.6 is 11.5 Å². The quantitative estimate of drug-likeness (QED) is 0.820. The molecule has 0 saturated heterocycles. The van der Waals surface area contributed by atoms with Gasteiger partial charge in [0, 0.05) is 17.6 Å². The first-order valence-electron chi connectivity index (χ1n) is 6.29. The van der Waals surface area contributed by atoms with E-state index in [1.54, 1.807) is 0 Å². The number of nitrogens with zero attached hydrogens (tertiary/aromatic N) is 2. The van der Waals surface area contributed by atoms with Crippen molar-refractivity contribution in [2.75, 3.05) is 5.32 Å². The lowest BCUT2D eigenvalue weighted by Crippen LogP contribution is -2.18. The van der Waals surface area contributed by atoms with Crippen molar-refractivity contribution < 1.29 is 0 Å². The average Bonchev–Trinajstić information content (AvgIpc) is 2.63. The zero-order chi connectivity index (χ0) is 11.4. The first-order valence-corrected chi connectivity index (χ1v) is 7.07. The lowest BCUT2D eigenvalue weighted by atomic mass is 9.89. The van der Waals surface area contributed by atoms with E-state index >= 15 is 0 Å². The van der Waals surface area contributed by atoms with Crippen LogP contribution in [0.5, 0.6) is 0 Å². The summed E-state index contributed by atoms with van der Waals surface area (Å²) < 4.78 is 3.88. The van der Waals surface area contributed by atoms with Crippen molar-refractivity contribution in [2.45, 2.75) is 52.0 Å². The van der Waals surface area contributed by atoms with Crippen LogP contribution in [-0.2, 0) is 0 Å². The standard InChI is InChI=1S/C12H21N3S/c1-9(2)10-4-3-5-11(7-6-10)14-12-8-13-15-16-12/h8-11,14H,3-7H2,1-2H3. The van der Waals surface area contributed by atoms with Crippen molar-refractivity contribution in [2.24, 2.45) is 11.8 Å². The predicted molar refractivity (Wildman–Crippen MR) is 68.7 cm³/mol. The minimum atomic E-state index is 0.631. The van der Waals surface area contributed by atoms with Crippen molar-refractivity contribution in [1.29, 1.82) is 0 Å². The molecule has 1 heterocycles. The summed E-state index contributed by atoms with van der Waals surface area (Å²) in [6, 6.07) is 0.631. The van der Waals surface area contributed by atoms with Gasteiger partial charge in [-0.2, -0.15) is 0 Å². The minimum absolute atomic E-state index is 0.631. The summed E-state index contributed by atoms with van der Waals surface area (Å²) in [4.78, 5) is 0. The van der Waals surface area contributed by atoms with Gasteiger partial charge in [0.25, 0.3) is 0 Å². The van der Waals surface area contributed by atoms with Crippen LogP contribution in [0.15, 0.2) is 6.20 Å². The van der Waals surface area contributed by atoms with Crippen molar-refractivity contribution in [3.63, 3.8) is 0 Å². The summed E-state index contributed by atoms with van der Waals surface area (Å²) >= 11 is 1.46. The fraction of sp³-hybridized carbons (Fsp3) is 0.833. The van der Waals surface area contributed by atoms with Gasteiger partial charge in [-0.3, -0.25) is 0 Å². The molecule has 0 spiro atoms. The molecule has 2 rings (SSSR count). The molecule has 1 N–H and O–H groups in total. The summed E-state index contributed by atoms with van der Waals surface area (Å²) in [5.74, 6) is 1.76. The van der Waals surface area contributed by atoms with Gasteiger partial charge < -0.3 is 5.32 Å². The van der Waals surface area contributed by atoms with E-state index in [2.05, 4.69) is 28.8 Å². The number of nitrogens with one attached hydrogen (secondary N) is 1. The maximum Gasteiger partial charge on any atom is 0.130 e. The van der Waals surface area contributed by atoms with E-state index in [9.17, 15) is 0 Å². The number of hydrogen-bond donors (Lipinski definition) is 1. The smallest absolute Gasteiger partial charge is 0.130 e. The molecule has 3 nitrogen and oxygen atoms in total. The lowest BCUT2D eigenvalue weighted by Gasteiger charge is -2.18. The molecule has 4 heteroatoms. The molecular weight excluding hydrogens is 218 g/mol. The molecule has 90 valence electrons. The molecule has 1 saturated carbocycles. The molecule has 2 unspecified atom stereocenters. The Morgan fingerprint density at radius 1 is 1.31 bits per heavy atom. The molecule has 0 aliphatic heterocycles. The van der Waals surface area contributed by atoms with Gasteiger partial charge in [0.1, 0.15) is 5.00 Å². The van der Waals surface area contributed by atoms with E-state index in [0.29, 0.717) is 6.04 Å². The Hall–Kier alpha value is -0.640. The normalized spacial score (nSPS) is 26.7. The van der Waals surface area contributed by atoms with Crippen LogP contribution in [0.1, 0.15) is 46.0 Å². The highest BCUT2D eigenvalue weighted by Crippen LogP contribution is 2.30. The van der Waals surface area contributed by atoms with Gasteiger partial charge in [-0.25, -0.2) is 0 Å². The number of aromatic nitrogens is 2.